The lowest BCUT2D eigenvalue weighted by Crippen LogP contribution is -2.45. The number of nitrogens with one attached hydrogen (secondary N) is 1. The number of hydrogen-bond acceptors (Lipinski definition) is 4. The zero-order valence-corrected chi connectivity index (χ0v) is 43.4. The largest absolute Gasteiger partial charge is 0.394 e. The van der Waals surface area contributed by atoms with Crippen molar-refractivity contribution in [3.8, 4) is 0 Å². The molecule has 0 radical (unpaired) electrons. The Kier molecular flexibility index (Phi) is 53.4. The summed E-state index contributed by atoms with van der Waals surface area (Å²) in [4.78, 5) is 12.5. The minimum Gasteiger partial charge on any atom is -0.394 e. The highest BCUT2D eigenvalue weighted by Crippen LogP contribution is 2.18. The van der Waals surface area contributed by atoms with Crippen molar-refractivity contribution in [3.05, 3.63) is 24.3 Å². The summed E-state index contributed by atoms with van der Waals surface area (Å²) in [6.45, 7) is 4.25. The van der Waals surface area contributed by atoms with Crippen LogP contribution >= 0.6 is 0 Å². The molecule has 0 aliphatic rings. The van der Waals surface area contributed by atoms with Gasteiger partial charge in [-0.25, -0.2) is 0 Å². The van der Waals surface area contributed by atoms with Crippen LogP contribution < -0.4 is 5.32 Å². The van der Waals surface area contributed by atoms with E-state index in [0.717, 1.165) is 25.7 Å². The summed E-state index contributed by atoms with van der Waals surface area (Å²) in [7, 11) is 0. The number of carbonyl (C=O) groups is 1. The van der Waals surface area contributed by atoms with Crippen molar-refractivity contribution in [2.24, 2.45) is 0 Å². The molecule has 0 heterocycles. The summed E-state index contributed by atoms with van der Waals surface area (Å²) in [5, 5.41) is 33.5. The maximum absolute atomic E-state index is 12.5. The first-order valence-corrected chi connectivity index (χ1v) is 29.1. The summed E-state index contributed by atoms with van der Waals surface area (Å²) >= 11 is 0. The topological polar surface area (TPSA) is 89.8 Å². The van der Waals surface area contributed by atoms with Gasteiger partial charge in [0, 0.05) is 0 Å². The standard InChI is InChI=1S/C59H115NO4/c1-3-5-7-9-11-13-15-17-19-21-23-24-25-26-27-28-29-30-31-32-33-34-35-36-38-40-42-44-46-48-50-52-56(62)54-59(64)60-57(55-61)58(63)53-51-49-47-45-43-41-39-37-22-20-18-16-14-12-10-8-6-4-2/h26-27,51,53,56-58,61-63H,3-25,28-50,52,54-55H2,1-2H3,(H,60,64)/b27-26-,53-51+. The molecule has 0 aliphatic heterocycles. The van der Waals surface area contributed by atoms with Crippen molar-refractivity contribution in [3.63, 3.8) is 0 Å². The van der Waals surface area contributed by atoms with Crippen LogP contribution in [0.1, 0.15) is 322 Å². The van der Waals surface area contributed by atoms with Crippen molar-refractivity contribution in [2.45, 2.75) is 340 Å². The van der Waals surface area contributed by atoms with Gasteiger partial charge in [0.15, 0.2) is 0 Å². The SMILES string of the molecule is CCCCCCCCCCCCCC/C=C\CCCCCCCCCCCCCCCCCC(O)CC(=O)NC(CO)C(O)/C=C/CCCCCCCCCCCCCCCCCC. The molecule has 5 heteroatoms. The average molecular weight is 903 g/mol. The van der Waals surface area contributed by atoms with Crippen molar-refractivity contribution in [2.75, 3.05) is 6.61 Å². The molecule has 3 unspecified atom stereocenters. The first kappa shape index (κ1) is 62.8. The summed E-state index contributed by atoms with van der Waals surface area (Å²) in [5.41, 5.74) is 0. The Hall–Kier alpha value is -1.17. The van der Waals surface area contributed by atoms with E-state index >= 15 is 0 Å². The van der Waals surface area contributed by atoms with Crippen molar-refractivity contribution in [1.82, 2.24) is 5.32 Å². The van der Waals surface area contributed by atoms with E-state index in [0.29, 0.717) is 6.42 Å². The molecule has 0 saturated heterocycles. The molecule has 380 valence electrons. The molecule has 0 aromatic rings. The third-order valence-electron chi connectivity index (χ3n) is 13.7. The first-order valence-electron chi connectivity index (χ1n) is 29.1. The monoisotopic (exact) mass is 902 g/mol. The number of amides is 1. The van der Waals surface area contributed by atoms with Crippen LogP contribution in [0.5, 0.6) is 0 Å². The van der Waals surface area contributed by atoms with Gasteiger partial charge >= 0.3 is 0 Å². The smallest absolute Gasteiger partial charge is 0.222 e. The molecule has 0 rings (SSSR count). The normalized spacial score (nSPS) is 13.4. The molecular formula is C59H115NO4. The van der Waals surface area contributed by atoms with Crippen LogP contribution in [0.3, 0.4) is 0 Å². The van der Waals surface area contributed by atoms with E-state index in [9.17, 15) is 20.1 Å². The van der Waals surface area contributed by atoms with E-state index in [1.165, 1.54) is 270 Å². The molecule has 0 aromatic carbocycles. The second-order valence-electron chi connectivity index (χ2n) is 20.3. The zero-order valence-electron chi connectivity index (χ0n) is 43.4. The lowest BCUT2D eigenvalue weighted by molar-refractivity contribution is -0.124. The molecule has 5 nitrogen and oxygen atoms in total. The lowest BCUT2D eigenvalue weighted by atomic mass is 10.0. The number of rotatable bonds is 54. The molecule has 4 N–H and O–H groups in total. The summed E-state index contributed by atoms with van der Waals surface area (Å²) in [6, 6.07) is -0.743. The highest BCUT2D eigenvalue weighted by Gasteiger charge is 2.20. The molecule has 0 aromatic heterocycles. The predicted molar refractivity (Wildman–Crippen MR) is 282 cm³/mol. The predicted octanol–water partition coefficient (Wildman–Crippen LogP) is 18.1. The van der Waals surface area contributed by atoms with Crippen LogP contribution in [0.4, 0.5) is 0 Å². The van der Waals surface area contributed by atoms with Crippen LogP contribution in [0, 0.1) is 0 Å². The van der Waals surface area contributed by atoms with Gasteiger partial charge in [-0.05, 0) is 44.9 Å². The fourth-order valence-corrected chi connectivity index (χ4v) is 9.28. The summed E-state index contributed by atoms with van der Waals surface area (Å²) in [6.07, 6.45) is 69.5. The molecule has 0 spiro atoms. The Balaban J connectivity index is 3.51. The van der Waals surface area contributed by atoms with Gasteiger partial charge in [0.1, 0.15) is 0 Å². The second kappa shape index (κ2) is 54.4. The Labute approximate surface area is 401 Å². The third-order valence-corrected chi connectivity index (χ3v) is 13.7. The molecule has 1 amide bonds. The average Bonchev–Trinajstić information content (AvgIpc) is 3.29. The van der Waals surface area contributed by atoms with E-state index < -0.39 is 18.2 Å². The molecule has 0 saturated carbocycles. The van der Waals surface area contributed by atoms with Gasteiger partial charge in [-0.1, -0.05) is 295 Å². The molecule has 0 aliphatic carbocycles. The molecule has 3 atom stereocenters. The van der Waals surface area contributed by atoms with Crippen molar-refractivity contribution >= 4 is 5.91 Å². The number of unbranched alkanes of at least 4 members (excludes halogenated alkanes) is 43. The number of aliphatic hydroxyl groups excluding tert-OH is 3. The van der Waals surface area contributed by atoms with Crippen LogP contribution in [0.25, 0.3) is 0 Å². The molecule has 64 heavy (non-hydrogen) atoms. The first-order chi connectivity index (χ1) is 31.5. The second-order valence-corrected chi connectivity index (χ2v) is 20.3. The van der Waals surface area contributed by atoms with Crippen molar-refractivity contribution < 1.29 is 20.1 Å². The Morgan fingerprint density at radius 1 is 0.391 bits per heavy atom. The number of allylic oxidation sites excluding steroid dienone is 3. The highest BCUT2D eigenvalue weighted by molar-refractivity contribution is 5.76. The quantitative estimate of drug-likeness (QED) is 0.0362. The molecular weight excluding hydrogens is 787 g/mol. The van der Waals surface area contributed by atoms with E-state index in [1.807, 2.05) is 6.08 Å². The molecule has 0 bridgehead atoms. The Morgan fingerprint density at radius 3 is 0.953 bits per heavy atom. The van der Waals surface area contributed by atoms with Gasteiger partial charge in [-0.15, -0.1) is 0 Å². The maximum Gasteiger partial charge on any atom is 0.222 e. The van der Waals surface area contributed by atoms with Crippen LogP contribution in [0.15, 0.2) is 24.3 Å². The van der Waals surface area contributed by atoms with Gasteiger partial charge < -0.3 is 20.6 Å². The van der Waals surface area contributed by atoms with E-state index in [-0.39, 0.29) is 18.9 Å². The van der Waals surface area contributed by atoms with Gasteiger partial charge in [0.25, 0.3) is 0 Å². The van der Waals surface area contributed by atoms with Gasteiger partial charge in [0.2, 0.25) is 5.91 Å². The van der Waals surface area contributed by atoms with Gasteiger partial charge in [-0.2, -0.15) is 0 Å². The fraction of sp³-hybridized carbons (Fsp3) is 0.915. The summed E-state index contributed by atoms with van der Waals surface area (Å²) in [5.74, 6) is -0.310. The van der Waals surface area contributed by atoms with Crippen LogP contribution in [-0.2, 0) is 4.79 Å². The number of aliphatic hydroxyl groups is 3. The third kappa shape index (κ3) is 50.2. The van der Waals surface area contributed by atoms with E-state index in [2.05, 4.69) is 31.3 Å². The molecule has 0 fully saturated rings. The summed E-state index contributed by atoms with van der Waals surface area (Å²) < 4.78 is 0. The number of hydrogen-bond donors (Lipinski definition) is 4. The minimum absolute atomic E-state index is 0.0172. The highest BCUT2D eigenvalue weighted by atomic mass is 16.3. The van der Waals surface area contributed by atoms with E-state index in [1.54, 1.807) is 6.08 Å². The Morgan fingerprint density at radius 2 is 0.656 bits per heavy atom. The minimum atomic E-state index is -0.927. The van der Waals surface area contributed by atoms with E-state index in [4.69, 9.17) is 0 Å². The Bertz CT molecular complexity index is 951. The number of carbonyl (C=O) groups excluding carboxylic acids is 1. The maximum atomic E-state index is 12.5. The van der Waals surface area contributed by atoms with Crippen LogP contribution in [-0.4, -0.2) is 46.1 Å². The van der Waals surface area contributed by atoms with Crippen LogP contribution in [0.2, 0.25) is 0 Å². The lowest BCUT2D eigenvalue weighted by Gasteiger charge is -2.21. The zero-order chi connectivity index (χ0) is 46.5. The van der Waals surface area contributed by atoms with Crippen molar-refractivity contribution in [1.29, 1.82) is 0 Å². The van der Waals surface area contributed by atoms with Gasteiger partial charge in [0.05, 0.1) is 31.3 Å². The van der Waals surface area contributed by atoms with Gasteiger partial charge in [-0.3, -0.25) is 4.79 Å². The fourth-order valence-electron chi connectivity index (χ4n) is 9.28.